The molecule has 1 aromatic carbocycles. The van der Waals surface area contributed by atoms with E-state index in [1.165, 1.54) is 0 Å². The van der Waals surface area contributed by atoms with E-state index in [1.54, 1.807) is 20.3 Å². The number of carbonyl (C=O) groups excluding carboxylic acids is 1. The molecule has 0 atom stereocenters. The molecule has 2 rings (SSSR count). The minimum Gasteiger partial charge on any atom is -0.493 e. The third kappa shape index (κ3) is 4.23. The van der Waals surface area contributed by atoms with Gasteiger partial charge in [0.25, 0.3) is 0 Å². The van der Waals surface area contributed by atoms with Gasteiger partial charge in [-0.1, -0.05) is 6.07 Å². The van der Waals surface area contributed by atoms with Gasteiger partial charge in [-0.3, -0.25) is 4.79 Å². The summed E-state index contributed by atoms with van der Waals surface area (Å²) in [5.74, 6) is 1.39. The van der Waals surface area contributed by atoms with Crippen molar-refractivity contribution < 1.29 is 14.3 Å². The Bertz CT molecular complexity index is 506. The van der Waals surface area contributed by atoms with Crippen LogP contribution in [0, 0.1) is 0 Å². The molecule has 0 radical (unpaired) electrons. The molecule has 1 aromatic rings. The number of hydrogen-bond donors (Lipinski definition) is 1. The zero-order valence-corrected chi connectivity index (χ0v) is 12.6. The van der Waals surface area contributed by atoms with Crippen LogP contribution in [0.25, 0.3) is 6.08 Å². The molecule has 1 amide bonds. The molecule has 5 nitrogen and oxygen atoms in total. The third-order valence-electron chi connectivity index (χ3n) is 3.48. The van der Waals surface area contributed by atoms with E-state index >= 15 is 0 Å². The fraction of sp³-hybridized carbons (Fsp3) is 0.438. The number of hydrogen-bond acceptors (Lipinski definition) is 4. The molecule has 1 aliphatic heterocycles. The standard InChI is InChI=1S/C16H22N2O3/c1-20-14-6-4-13(12-15(14)21-2)5-7-16(19)18-10-3-8-17-9-11-18/h4-7,12,17H,3,8-11H2,1-2H3/b7-5+. The summed E-state index contributed by atoms with van der Waals surface area (Å²) in [6.45, 7) is 3.40. The molecule has 21 heavy (non-hydrogen) atoms. The molecule has 5 heteroatoms. The molecule has 1 saturated heterocycles. The van der Waals surface area contributed by atoms with Crippen LogP contribution in [0.5, 0.6) is 11.5 Å². The minimum atomic E-state index is 0.0495. The van der Waals surface area contributed by atoms with Gasteiger partial charge in [-0.05, 0) is 36.7 Å². The van der Waals surface area contributed by atoms with Crippen LogP contribution in [0.15, 0.2) is 24.3 Å². The molecule has 1 aliphatic rings. The SMILES string of the molecule is COc1ccc(/C=C/C(=O)N2CCCNCC2)cc1OC. The highest BCUT2D eigenvalue weighted by Gasteiger charge is 2.12. The number of nitrogens with one attached hydrogen (secondary N) is 1. The molecule has 0 unspecified atom stereocenters. The molecule has 0 aliphatic carbocycles. The van der Waals surface area contributed by atoms with Crippen LogP contribution in [0.4, 0.5) is 0 Å². The van der Waals surface area contributed by atoms with Crippen LogP contribution in [0.2, 0.25) is 0 Å². The summed E-state index contributed by atoms with van der Waals surface area (Å²) in [6.07, 6.45) is 4.42. The van der Waals surface area contributed by atoms with E-state index in [4.69, 9.17) is 9.47 Å². The van der Waals surface area contributed by atoms with E-state index in [1.807, 2.05) is 29.2 Å². The zero-order chi connectivity index (χ0) is 15.1. The summed E-state index contributed by atoms with van der Waals surface area (Å²) in [4.78, 5) is 14.0. The van der Waals surface area contributed by atoms with Gasteiger partial charge in [0, 0.05) is 25.7 Å². The predicted octanol–water partition coefficient (Wildman–Crippen LogP) is 1.54. The van der Waals surface area contributed by atoms with E-state index in [9.17, 15) is 4.79 Å². The van der Waals surface area contributed by atoms with Gasteiger partial charge in [0.1, 0.15) is 0 Å². The summed E-state index contributed by atoms with van der Waals surface area (Å²) >= 11 is 0. The molecular weight excluding hydrogens is 268 g/mol. The first-order chi connectivity index (χ1) is 10.2. The van der Waals surface area contributed by atoms with Gasteiger partial charge >= 0.3 is 0 Å². The minimum absolute atomic E-state index is 0.0495. The number of nitrogens with zero attached hydrogens (tertiary/aromatic N) is 1. The van der Waals surface area contributed by atoms with Crippen LogP contribution in [-0.4, -0.2) is 51.2 Å². The van der Waals surface area contributed by atoms with Crippen molar-refractivity contribution in [2.45, 2.75) is 6.42 Å². The number of amides is 1. The normalized spacial score (nSPS) is 15.8. The van der Waals surface area contributed by atoms with Crippen molar-refractivity contribution in [2.24, 2.45) is 0 Å². The Morgan fingerprint density at radius 2 is 2.00 bits per heavy atom. The average molecular weight is 290 g/mol. The van der Waals surface area contributed by atoms with Crippen molar-refractivity contribution in [3.05, 3.63) is 29.8 Å². The maximum atomic E-state index is 12.2. The topological polar surface area (TPSA) is 50.8 Å². The Morgan fingerprint density at radius 3 is 2.76 bits per heavy atom. The number of ether oxygens (including phenoxy) is 2. The van der Waals surface area contributed by atoms with E-state index in [2.05, 4.69) is 5.32 Å². The van der Waals surface area contributed by atoms with Gasteiger partial charge in [-0.25, -0.2) is 0 Å². The lowest BCUT2D eigenvalue weighted by molar-refractivity contribution is -0.125. The lowest BCUT2D eigenvalue weighted by atomic mass is 10.2. The zero-order valence-electron chi connectivity index (χ0n) is 12.6. The quantitative estimate of drug-likeness (QED) is 0.855. The van der Waals surface area contributed by atoms with Crippen LogP contribution < -0.4 is 14.8 Å². The fourth-order valence-corrected chi connectivity index (χ4v) is 2.30. The number of methoxy groups -OCH3 is 2. The summed E-state index contributed by atoms with van der Waals surface area (Å²) in [5.41, 5.74) is 0.911. The summed E-state index contributed by atoms with van der Waals surface area (Å²) in [7, 11) is 3.20. The Hall–Kier alpha value is -2.01. The van der Waals surface area contributed by atoms with Crippen LogP contribution in [0.3, 0.4) is 0 Å². The second-order valence-electron chi connectivity index (χ2n) is 4.88. The van der Waals surface area contributed by atoms with Gasteiger partial charge in [0.2, 0.25) is 5.91 Å². The third-order valence-corrected chi connectivity index (χ3v) is 3.48. The summed E-state index contributed by atoms with van der Waals surface area (Å²) < 4.78 is 10.4. The molecule has 0 bridgehead atoms. The number of benzene rings is 1. The molecule has 0 spiro atoms. The molecule has 1 N–H and O–H groups in total. The highest BCUT2D eigenvalue weighted by Crippen LogP contribution is 2.27. The molecule has 1 fully saturated rings. The largest absolute Gasteiger partial charge is 0.493 e. The second kappa shape index (κ2) is 7.69. The second-order valence-corrected chi connectivity index (χ2v) is 4.88. The van der Waals surface area contributed by atoms with Gasteiger partial charge in [0.05, 0.1) is 14.2 Å². The molecule has 1 heterocycles. The van der Waals surface area contributed by atoms with Crippen molar-refractivity contribution in [3.8, 4) is 11.5 Å². The first-order valence-electron chi connectivity index (χ1n) is 7.14. The van der Waals surface area contributed by atoms with Gasteiger partial charge in [-0.15, -0.1) is 0 Å². The smallest absolute Gasteiger partial charge is 0.246 e. The van der Waals surface area contributed by atoms with Crippen molar-refractivity contribution in [3.63, 3.8) is 0 Å². The van der Waals surface area contributed by atoms with E-state index < -0.39 is 0 Å². The lowest BCUT2D eigenvalue weighted by Crippen LogP contribution is -2.32. The highest BCUT2D eigenvalue weighted by molar-refractivity contribution is 5.91. The average Bonchev–Trinajstić information content (AvgIpc) is 2.81. The first-order valence-corrected chi connectivity index (χ1v) is 7.14. The van der Waals surface area contributed by atoms with E-state index in [0.717, 1.165) is 38.2 Å². The molecule has 0 aromatic heterocycles. The first kappa shape index (κ1) is 15.4. The molecule has 0 saturated carbocycles. The lowest BCUT2D eigenvalue weighted by Gasteiger charge is -2.17. The van der Waals surface area contributed by atoms with Gasteiger partial charge in [-0.2, -0.15) is 0 Å². The van der Waals surface area contributed by atoms with Gasteiger partial charge < -0.3 is 19.7 Å². The maximum Gasteiger partial charge on any atom is 0.246 e. The highest BCUT2D eigenvalue weighted by atomic mass is 16.5. The summed E-state index contributed by atoms with van der Waals surface area (Å²) in [5, 5.41) is 3.29. The predicted molar refractivity (Wildman–Crippen MR) is 82.6 cm³/mol. The van der Waals surface area contributed by atoms with E-state index in [-0.39, 0.29) is 5.91 Å². The fourth-order valence-electron chi connectivity index (χ4n) is 2.30. The number of carbonyl (C=O) groups is 1. The van der Waals surface area contributed by atoms with Crippen molar-refractivity contribution in [2.75, 3.05) is 40.4 Å². The van der Waals surface area contributed by atoms with Crippen LogP contribution in [-0.2, 0) is 4.79 Å². The van der Waals surface area contributed by atoms with E-state index in [0.29, 0.717) is 11.5 Å². The maximum absolute atomic E-state index is 12.2. The van der Waals surface area contributed by atoms with Crippen LogP contribution in [0.1, 0.15) is 12.0 Å². The molecular formula is C16H22N2O3. The Balaban J connectivity index is 2.04. The number of rotatable bonds is 4. The Morgan fingerprint density at radius 1 is 1.19 bits per heavy atom. The Labute approximate surface area is 125 Å². The van der Waals surface area contributed by atoms with Crippen molar-refractivity contribution in [1.82, 2.24) is 10.2 Å². The summed E-state index contributed by atoms with van der Waals surface area (Å²) in [6, 6.07) is 5.58. The monoisotopic (exact) mass is 290 g/mol. The Kier molecular flexibility index (Phi) is 5.63. The van der Waals surface area contributed by atoms with Crippen LogP contribution >= 0.6 is 0 Å². The van der Waals surface area contributed by atoms with Crippen molar-refractivity contribution >= 4 is 12.0 Å². The van der Waals surface area contributed by atoms with Gasteiger partial charge in [0.15, 0.2) is 11.5 Å². The molecule has 114 valence electrons. The van der Waals surface area contributed by atoms with Crippen molar-refractivity contribution in [1.29, 1.82) is 0 Å².